The fourth-order valence-corrected chi connectivity index (χ4v) is 1.58. The van der Waals surface area contributed by atoms with E-state index in [1.807, 2.05) is 0 Å². The maximum Gasteiger partial charge on any atom is 0.296 e. The molecular formula is C14H9ClFNO2. The number of amides is 1. The number of benzene rings is 2. The largest absolute Gasteiger partial charge is 0.319 e. The van der Waals surface area contributed by atoms with E-state index in [0.29, 0.717) is 10.7 Å². The monoisotopic (exact) mass is 277 g/mol. The fourth-order valence-electron chi connectivity index (χ4n) is 1.45. The van der Waals surface area contributed by atoms with Crippen molar-refractivity contribution in [1.29, 1.82) is 0 Å². The quantitative estimate of drug-likeness (QED) is 0.691. The third kappa shape index (κ3) is 3.39. The number of hydrogen-bond donors (Lipinski definition) is 1. The van der Waals surface area contributed by atoms with E-state index in [0.717, 1.165) is 12.1 Å². The van der Waals surface area contributed by atoms with E-state index in [4.69, 9.17) is 11.6 Å². The number of Topliss-reactive ketones (excluding diaryl/α,β-unsaturated/α-hetero) is 1. The number of nitrogens with one attached hydrogen (secondary N) is 1. The second-order valence-electron chi connectivity index (χ2n) is 3.80. The molecule has 0 radical (unpaired) electrons. The van der Waals surface area contributed by atoms with Gasteiger partial charge in [-0.3, -0.25) is 9.59 Å². The molecule has 0 aliphatic carbocycles. The SMILES string of the molecule is O=C(Nc1ccc(Cl)cc1)C(=O)c1ccc(F)cc1. The number of rotatable bonds is 3. The van der Waals surface area contributed by atoms with Crippen LogP contribution in [0, 0.1) is 5.82 Å². The zero-order valence-corrected chi connectivity index (χ0v) is 10.4. The molecule has 1 N–H and O–H groups in total. The molecule has 0 aliphatic rings. The highest BCUT2D eigenvalue weighted by Gasteiger charge is 2.16. The zero-order valence-electron chi connectivity index (χ0n) is 9.69. The van der Waals surface area contributed by atoms with Crippen molar-refractivity contribution in [3.63, 3.8) is 0 Å². The molecule has 0 spiro atoms. The van der Waals surface area contributed by atoms with Crippen molar-refractivity contribution in [3.05, 3.63) is 64.9 Å². The summed E-state index contributed by atoms with van der Waals surface area (Å²) in [6, 6.07) is 11.1. The zero-order chi connectivity index (χ0) is 13.8. The molecule has 96 valence electrons. The predicted molar refractivity (Wildman–Crippen MR) is 70.8 cm³/mol. The van der Waals surface area contributed by atoms with Gasteiger partial charge in [-0.25, -0.2) is 4.39 Å². The molecule has 0 saturated heterocycles. The van der Waals surface area contributed by atoms with Crippen molar-refractivity contribution in [1.82, 2.24) is 0 Å². The highest BCUT2D eigenvalue weighted by Crippen LogP contribution is 2.14. The number of carbonyl (C=O) groups excluding carboxylic acids is 2. The second-order valence-corrected chi connectivity index (χ2v) is 4.23. The molecule has 0 fully saturated rings. The van der Waals surface area contributed by atoms with Gasteiger partial charge in [0.15, 0.2) is 0 Å². The van der Waals surface area contributed by atoms with Crippen LogP contribution in [0.1, 0.15) is 10.4 Å². The van der Waals surface area contributed by atoms with E-state index in [-0.39, 0.29) is 5.56 Å². The van der Waals surface area contributed by atoms with Crippen molar-refractivity contribution in [2.45, 2.75) is 0 Å². The van der Waals surface area contributed by atoms with E-state index in [1.54, 1.807) is 24.3 Å². The minimum atomic E-state index is -0.783. The molecular weight excluding hydrogens is 269 g/mol. The summed E-state index contributed by atoms with van der Waals surface area (Å²) in [5.74, 6) is -1.97. The summed E-state index contributed by atoms with van der Waals surface area (Å²) < 4.78 is 12.7. The summed E-state index contributed by atoms with van der Waals surface area (Å²) in [5.41, 5.74) is 0.595. The molecule has 5 heteroatoms. The molecule has 1 amide bonds. The average molecular weight is 278 g/mol. The van der Waals surface area contributed by atoms with Crippen LogP contribution in [0.15, 0.2) is 48.5 Å². The summed E-state index contributed by atoms with van der Waals surface area (Å²) in [5, 5.41) is 2.97. The van der Waals surface area contributed by atoms with E-state index in [2.05, 4.69) is 5.32 Å². The van der Waals surface area contributed by atoms with Crippen molar-refractivity contribution in [3.8, 4) is 0 Å². The van der Waals surface area contributed by atoms with Crippen molar-refractivity contribution >= 4 is 29.0 Å². The first-order valence-electron chi connectivity index (χ1n) is 5.43. The predicted octanol–water partition coefficient (Wildman–Crippen LogP) is 3.30. The Labute approximate surface area is 114 Å². The number of carbonyl (C=O) groups is 2. The van der Waals surface area contributed by atoms with Crippen LogP contribution in [0.25, 0.3) is 0 Å². The van der Waals surface area contributed by atoms with E-state index < -0.39 is 17.5 Å². The molecule has 0 atom stereocenters. The van der Waals surface area contributed by atoms with Crippen LogP contribution < -0.4 is 5.32 Å². The summed E-state index contributed by atoms with van der Waals surface area (Å²) >= 11 is 5.71. The van der Waals surface area contributed by atoms with Crippen LogP contribution in [-0.2, 0) is 4.79 Å². The molecule has 0 unspecified atom stereocenters. The van der Waals surface area contributed by atoms with Crippen LogP contribution in [0.5, 0.6) is 0 Å². The number of halogens is 2. The summed E-state index contributed by atoms with van der Waals surface area (Å²) in [6.45, 7) is 0. The lowest BCUT2D eigenvalue weighted by molar-refractivity contribution is -0.112. The fraction of sp³-hybridized carbons (Fsp3) is 0. The summed E-state index contributed by atoms with van der Waals surface area (Å²) in [4.78, 5) is 23.5. The lowest BCUT2D eigenvalue weighted by atomic mass is 10.1. The number of hydrogen-bond acceptors (Lipinski definition) is 2. The highest BCUT2D eigenvalue weighted by atomic mass is 35.5. The number of anilines is 1. The van der Waals surface area contributed by atoms with Crippen LogP contribution >= 0.6 is 11.6 Å². The van der Waals surface area contributed by atoms with Crippen molar-refractivity contribution in [2.75, 3.05) is 5.32 Å². The standard InChI is InChI=1S/C14H9ClFNO2/c15-10-3-7-12(8-4-10)17-14(19)13(18)9-1-5-11(16)6-2-9/h1-8H,(H,17,19). The normalized spacial score (nSPS) is 10.0. The van der Waals surface area contributed by atoms with Gasteiger partial charge in [0, 0.05) is 16.3 Å². The number of ketones is 1. The van der Waals surface area contributed by atoms with E-state index in [1.165, 1.54) is 12.1 Å². The molecule has 2 aromatic carbocycles. The van der Waals surface area contributed by atoms with Crippen LogP contribution in [0.2, 0.25) is 5.02 Å². The molecule has 0 bridgehead atoms. The van der Waals surface area contributed by atoms with E-state index >= 15 is 0 Å². The van der Waals surface area contributed by atoms with Gasteiger partial charge >= 0.3 is 0 Å². The molecule has 2 rings (SSSR count). The Hall–Kier alpha value is -2.20. The van der Waals surface area contributed by atoms with Gasteiger partial charge in [0.05, 0.1) is 0 Å². The first-order valence-corrected chi connectivity index (χ1v) is 5.81. The first-order chi connectivity index (χ1) is 9.06. The van der Waals surface area contributed by atoms with Gasteiger partial charge in [-0.05, 0) is 48.5 Å². The highest BCUT2D eigenvalue weighted by molar-refractivity contribution is 6.46. The maximum absolute atomic E-state index is 12.7. The average Bonchev–Trinajstić information content (AvgIpc) is 2.41. The Balaban J connectivity index is 2.09. The molecule has 0 heterocycles. The Bertz CT molecular complexity index is 608. The maximum atomic E-state index is 12.7. The van der Waals surface area contributed by atoms with Gasteiger partial charge < -0.3 is 5.32 Å². The lowest BCUT2D eigenvalue weighted by Crippen LogP contribution is -2.22. The van der Waals surface area contributed by atoms with Crippen LogP contribution in [0.3, 0.4) is 0 Å². The Morgan fingerprint density at radius 1 is 0.947 bits per heavy atom. The molecule has 19 heavy (non-hydrogen) atoms. The molecule has 2 aromatic rings. The molecule has 3 nitrogen and oxygen atoms in total. The van der Waals surface area contributed by atoms with Crippen molar-refractivity contribution in [2.24, 2.45) is 0 Å². The lowest BCUT2D eigenvalue weighted by Gasteiger charge is -2.04. The van der Waals surface area contributed by atoms with Gasteiger partial charge in [-0.15, -0.1) is 0 Å². The second kappa shape index (κ2) is 5.63. The summed E-state index contributed by atoms with van der Waals surface area (Å²) in [6.07, 6.45) is 0. The molecule has 0 aromatic heterocycles. The summed E-state index contributed by atoms with van der Waals surface area (Å²) in [7, 11) is 0. The molecule has 0 saturated carbocycles. The topological polar surface area (TPSA) is 46.2 Å². The smallest absolute Gasteiger partial charge is 0.296 e. The van der Waals surface area contributed by atoms with E-state index in [9.17, 15) is 14.0 Å². The van der Waals surface area contributed by atoms with Gasteiger partial charge in [0.1, 0.15) is 5.82 Å². The van der Waals surface area contributed by atoms with Crippen molar-refractivity contribution < 1.29 is 14.0 Å². The first kappa shape index (κ1) is 13.2. The minimum Gasteiger partial charge on any atom is -0.319 e. The van der Waals surface area contributed by atoms with Gasteiger partial charge in [-0.1, -0.05) is 11.6 Å². The molecule has 0 aliphatic heterocycles. The Morgan fingerprint density at radius 3 is 2.11 bits per heavy atom. The third-order valence-corrected chi connectivity index (χ3v) is 2.67. The third-order valence-electron chi connectivity index (χ3n) is 2.41. The van der Waals surface area contributed by atoms with Crippen LogP contribution in [0.4, 0.5) is 10.1 Å². The van der Waals surface area contributed by atoms with Gasteiger partial charge in [-0.2, -0.15) is 0 Å². The van der Waals surface area contributed by atoms with Gasteiger partial charge in [0.25, 0.3) is 11.7 Å². The van der Waals surface area contributed by atoms with Crippen LogP contribution in [-0.4, -0.2) is 11.7 Å². The van der Waals surface area contributed by atoms with Gasteiger partial charge in [0.2, 0.25) is 0 Å². The Kier molecular flexibility index (Phi) is 3.92. The Morgan fingerprint density at radius 2 is 1.53 bits per heavy atom. The minimum absolute atomic E-state index is 0.132.